The Hall–Kier alpha value is -2.26. The van der Waals surface area contributed by atoms with E-state index >= 15 is 0 Å². The second-order valence-electron chi connectivity index (χ2n) is 8.75. The van der Waals surface area contributed by atoms with Gasteiger partial charge in [0.2, 0.25) is 0 Å². The van der Waals surface area contributed by atoms with Gasteiger partial charge in [0.1, 0.15) is 0 Å². The maximum Gasteiger partial charge on any atom is -0.00592 e. The first-order valence-corrected chi connectivity index (χ1v) is 13.1. The molecule has 0 saturated carbocycles. The van der Waals surface area contributed by atoms with Crippen molar-refractivity contribution in [2.24, 2.45) is 0 Å². The van der Waals surface area contributed by atoms with Crippen molar-refractivity contribution in [1.82, 2.24) is 0 Å². The summed E-state index contributed by atoms with van der Waals surface area (Å²) in [4.78, 5) is 0. The normalized spacial score (nSPS) is 11.2. The van der Waals surface area contributed by atoms with Gasteiger partial charge in [0.15, 0.2) is 0 Å². The maximum absolute atomic E-state index is 3.02. The molecule has 4 rings (SSSR count). The summed E-state index contributed by atoms with van der Waals surface area (Å²) in [5.74, 6) is 0. The Kier molecular flexibility index (Phi) is 6.67. The van der Waals surface area contributed by atoms with Gasteiger partial charge in [0.05, 0.1) is 0 Å². The monoisotopic (exact) mass is 454 g/mol. The Bertz CT molecular complexity index is 1230. The summed E-state index contributed by atoms with van der Waals surface area (Å²) in [6.45, 7) is 13.6. The number of benzene rings is 4. The van der Waals surface area contributed by atoms with Crippen molar-refractivity contribution in [3.63, 3.8) is 0 Å². The highest BCUT2D eigenvalue weighted by Gasteiger charge is 2.25. The predicted octanol–water partition coefficient (Wildman–Crippen LogP) is 6.46. The zero-order chi connectivity index (χ0) is 23.0. The fraction of sp³-hybridized carbons (Fsp3) is 0.200. The second-order valence-corrected chi connectivity index (χ2v) is 11.6. The number of hydrogen-bond acceptors (Lipinski definition) is 0. The van der Waals surface area contributed by atoms with Gasteiger partial charge in [0.25, 0.3) is 0 Å². The molecular weight excluding hydrogens is 422 g/mol. The number of hydrogen-bond donors (Lipinski definition) is 0. The molecular formula is C30H32P2. The number of rotatable bonds is 4. The molecule has 0 amide bonds. The lowest BCUT2D eigenvalue weighted by Gasteiger charge is -2.28. The molecule has 0 nitrogen and oxygen atoms in total. The third kappa shape index (κ3) is 4.08. The van der Waals surface area contributed by atoms with Gasteiger partial charge >= 0.3 is 0 Å². The van der Waals surface area contributed by atoms with Crippen LogP contribution in [0, 0.1) is 41.5 Å². The minimum Gasteiger partial charge on any atom is -0.105 e. The van der Waals surface area contributed by atoms with Crippen molar-refractivity contribution >= 4 is 38.4 Å². The van der Waals surface area contributed by atoms with Gasteiger partial charge in [-0.05, 0) is 115 Å². The highest BCUT2D eigenvalue weighted by Crippen LogP contribution is 2.41. The Balaban J connectivity index is 2.13. The van der Waals surface area contributed by atoms with Gasteiger partial charge in [-0.15, -0.1) is 9.24 Å². The van der Waals surface area contributed by atoms with E-state index in [1.807, 2.05) is 0 Å². The van der Waals surface area contributed by atoms with Crippen molar-refractivity contribution in [3.8, 4) is 11.1 Å². The van der Waals surface area contributed by atoms with E-state index in [0.717, 1.165) is 0 Å². The van der Waals surface area contributed by atoms with E-state index in [0.29, 0.717) is 0 Å². The third-order valence-electron chi connectivity index (χ3n) is 6.85. The summed E-state index contributed by atoms with van der Waals surface area (Å²) in [5, 5.41) is 5.52. The van der Waals surface area contributed by atoms with Crippen molar-refractivity contribution < 1.29 is 0 Å². The summed E-state index contributed by atoms with van der Waals surface area (Å²) >= 11 is 0. The molecule has 0 fully saturated rings. The molecule has 0 aliphatic heterocycles. The third-order valence-corrected chi connectivity index (χ3v) is 9.77. The lowest BCUT2D eigenvalue weighted by atomic mass is 9.89. The van der Waals surface area contributed by atoms with Crippen LogP contribution in [-0.2, 0) is 0 Å². The lowest BCUT2D eigenvalue weighted by molar-refractivity contribution is 1.25. The van der Waals surface area contributed by atoms with Crippen LogP contribution < -0.4 is 21.2 Å². The minimum absolute atomic E-state index is 0.687. The van der Waals surface area contributed by atoms with Gasteiger partial charge in [-0.1, -0.05) is 72.8 Å². The highest BCUT2D eigenvalue weighted by atomic mass is 31.1. The molecule has 0 bridgehead atoms. The molecule has 4 aromatic carbocycles. The van der Waals surface area contributed by atoms with Crippen LogP contribution in [0.1, 0.15) is 33.4 Å². The van der Waals surface area contributed by atoms with Gasteiger partial charge in [-0.25, -0.2) is 0 Å². The van der Waals surface area contributed by atoms with Crippen LogP contribution in [0.15, 0.2) is 72.8 Å². The van der Waals surface area contributed by atoms with E-state index in [-0.39, 0.29) is 0 Å². The van der Waals surface area contributed by atoms with E-state index in [4.69, 9.17) is 0 Å². The van der Waals surface area contributed by atoms with Crippen LogP contribution in [0.5, 0.6) is 0 Å². The van der Waals surface area contributed by atoms with E-state index < -0.39 is 7.92 Å². The second kappa shape index (κ2) is 9.31. The van der Waals surface area contributed by atoms with Gasteiger partial charge in [-0.3, -0.25) is 0 Å². The molecule has 4 aromatic rings. The first-order chi connectivity index (χ1) is 15.3. The molecule has 1 atom stereocenters. The summed E-state index contributed by atoms with van der Waals surface area (Å²) in [5.41, 5.74) is 11.1. The SMILES string of the molecule is Cc1cc(P)c(-c2c(P(c3ccccc3)c3ccccc3)cc(C)c(C)c2C)c(C)c1C. The van der Waals surface area contributed by atoms with Crippen molar-refractivity contribution in [3.05, 3.63) is 106 Å². The molecule has 0 radical (unpaired) electrons. The van der Waals surface area contributed by atoms with Gasteiger partial charge in [0, 0.05) is 0 Å². The molecule has 0 aromatic heterocycles. The van der Waals surface area contributed by atoms with E-state index in [1.54, 1.807) is 0 Å². The maximum atomic E-state index is 3.02. The van der Waals surface area contributed by atoms with Crippen molar-refractivity contribution in [2.45, 2.75) is 41.5 Å². The number of aryl methyl sites for hydroxylation is 2. The summed E-state index contributed by atoms with van der Waals surface area (Å²) in [6, 6.07) is 26.9. The molecule has 0 N–H and O–H groups in total. The van der Waals surface area contributed by atoms with E-state index in [2.05, 4.69) is 124 Å². The summed E-state index contributed by atoms with van der Waals surface area (Å²) in [7, 11) is 2.33. The van der Waals surface area contributed by atoms with Crippen LogP contribution in [0.2, 0.25) is 0 Å². The van der Waals surface area contributed by atoms with Crippen LogP contribution in [0.25, 0.3) is 11.1 Å². The van der Waals surface area contributed by atoms with Gasteiger partial charge in [-0.2, -0.15) is 0 Å². The lowest BCUT2D eigenvalue weighted by Crippen LogP contribution is -2.25. The van der Waals surface area contributed by atoms with E-state index in [9.17, 15) is 0 Å². The summed E-state index contributed by atoms with van der Waals surface area (Å²) < 4.78 is 0. The first kappa shape index (κ1) is 22.9. The zero-order valence-electron chi connectivity index (χ0n) is 20.0. The molecule has 32 heavy (non-hydrogen) atoms. The molecule has 0 saturated heterocycles. The predicted molar refractivity (Wildman–Crippen MR) is 148 cm³/mol. The molecule has 0 aliphatic carbocycles. The van der Waals surface area contributed by atoms with Crippen LogP contribution in [0.3, 0.4) is 0 Å². The average Bonchev–Trinajstić information content (AvgIpc) is 2.79. The fourth-order valence-corrected chi connectivity index (χ4v) is 7.81. The van der Waals surface area contributed by atoms with Crippen LogP contribution in [-0.4, -0.2) is 0 Å². The fourth-order valence-electron chi connectivity index (χ4n) is 4.58. The molecule has 0 heterocycles. The minimum atomic E-state index is -0.687. The van der Waals surface area contributed by atoms with Crippen molar-refractivity contribution in [2.75, 3.05) is 0 Å². The van der Waals surface area contributed by atoms with Gasteiger partial charge < -0.3 is 0 Å². The highest BCUT2D eigenvalue weighted by molar-refractivity contribution is 7.80. The molecule has 162 valence electrons. The Morgan fingerprint density at radius 2 is 0.969 bits per heavy atom. The van der Waals surface area contributed by atoms with Crippen molar-refractivity contribution in [1.29, 1.82) is 0 Å². The zero-order valence-corrected chi connectivity index (χ0v) is 22.0. The standard InChI is InChI=1S/C30H32P2/c1-19-17-27(31)29(23(5)21(19)3)30-24(6)22(4)20(2)18-28(30)32(25-13-9-7-10-14-25)26-15-11-8-12-16-26/h7-18H,31H2,1-6H3. The van der Waals surface area contributed by atoms with E-state index in [1.165, 1.54) is 65.7 Å². The summed E-state index contributed by atoms with van der Waals surface area (Å²) in [6.07, 6.45) is 0. The first-order valence-electron chi connectivity index (χ1n) is 11.2. The topological polar surface area (TPSA) is 0 Å². The Morgan fingerprint density at radius 1 is 0.531 bits per heavy atom. The largest absolute Gasteiger partial charge is 0.105 e. The quantitative estimate of drug-likeness (QED) is 0.310. The average molecular weight is 455 g/mol. The Labute approximate surface area is 197 Å². The molecule has 2 heteroatoms. The molecule has 1 unspecified atom stereocenters. The molecule has 0 spiro atoms. The Morgan fingerprint density at radius 3 is 1.47 bits per heavy atom. The smallest absolute Gasteiger partial charge is 0.00592 e. The van der Waals surface area contributed by atoms with Crippen LogP contribution in [0.4, 0.5) is 0 Å². The van der Waals surface area contributed by atoms with Crippen LogP contribution >= 0.6 is 17.2 Å². The molecule has 0 aliphatic rings.